The van der Waals surface area contributed by atoms with Crippen LogP contribution in [0, 0.1) is 5.82 Å². The number of alkyl halides is 2. The standard InChI is InChI=1S/C21H23F3N8O3/c22-17-13(6-26-18(25)29-20(33)34)2-1-3-16(17)14-7-27-19(28-8-14)32-9-15(10-32)30-35-5-4-31-11-21(23,24)12-31/h1-3,7-8H,4-6,9-12H2,(H,33,34)(H3,25,26,29). The van der Waals surface area contributed by atoms with Gasteiger partial charge in [0, 0.05) is 35.6 Å². The van der Waals surface area contributed by atoms with E-state index in [1.807, 2.05) is 10.2 Å². The highest BCUT2D eigenvalue weighted by Crippen LogP contribution is 2.27. The van der Waals surface area contributed by atoms with Crippen LogP contribution in [0.3, 0.4) is 0 Å². The molecule has 1 aromatic heterocycles. The Morgan fingerprint density at radius 3 is 2.63 bits per heavy atom. The number of hydrogen-bond acceptors (Lipinski definition) is 8. The number of aromatic nitrogens is 2. The van der Waals surface area contributed by atoms with Gasteiger partial charge < -0.3 is 20.6 Å². The number of nitrogens with two attached hydrogens (primary N) is 1. The Balaban J connectivity index is 1.28. The number of hydrogen-bond donors (Lipinski definition) is 3. The average Bonchev–Trinajstić information content (AvgIpc) is 2.75. The summed E-state index contributed by atoms with van der Waals surface area (Å²) in [5, 5.41) is 14.5. The van der Waals surface area contributed by atoms with Gasteiger partial charge in [-0.15, -0.1) is 0 Å². The molecule has 1 aromatic carbocycles. The van der Waals surface area contributed by atoms with Gasteiger partial charge in [0.1, 0.15) is 12.4 Å². The van der Waals surface area contributed by atoms with Crippen molar-refractivity contribution in [2.75, 3.05) is 44.2 Å². The van der Waals surface area contributed by atoms with Gasteiger partial charge in [-0.25, -0.2) is 32.9 Å². The lowest BCUT2D eigenvalue weighted by Gasteiger charge is -2.38. The first kappa shape index (κ1) is 24.2. The summed E-state index contributed by atoms with van der Waals surface area (Å²) in [7, 11) is 0. The van der Waals surface area contributed by atoms with E-state index in [0.717, 1.165) is 5.71 Å². The second-order valence-corrected chi connectivity index (χ2v) is 8.10. The SMILES string of the molecule is NC(=NCc1cccc(-c2cnc(N3CC(=NOCCN4CC(F)(F)C4)C3)nc2)c1F)NC(=O)O. The van der Waals surface area contributed by atoms with Gasteiger partial charge in [0.25, 0.3) is 5.92 Å². The van der Waals surface area contributed by atoms with E-state index in [4.69, 9.17) is 15.7 Å². The number of carbonyl (C=O) groups is 1. The molecule has 0 unspecified atom stereocenters. The van der Waals surface area contributed by atoms with E-state index < -0.39 is 17.8 Å². The number of amides is 1. The number of halogens is 3. The molecule has 1 amide bonds. The lowest BCUT2D eigenvalue weighted by molar-refractivity contribution is -0.134. The van der Waals surface area contributed by atoms with E-state index >= 15 is 0 Å². The molecule has 4 rings (SSSR count). The van der Waals surface area contributed by atoms with Crippen LogP contribution in [0.1, 0.15) is 5.56 Å². The Bertz CT molecular complexity index is 1130. The molecule has 2 aliphatic heterocycles. The molecule has 3 heterocycles. The van der Waals surface area contributed by atoms with Crippen LogP contribution in [0.25, 0.3) is 11.1 Å². The Kier molecular flexibility index (Phi) is 7.00. The summed E-state index contributed by atoms with van der Waals surface area (Å²) in [6, 6.07) is 4.74. The first-order valence-electron chi connectivity index (χ1n) is 10.6. The minimum atomic E-state index is -2.59. The number of anilines is 1. The van der Waals surface area contributed by atoms with Crippen molar-refractivity contribution >= 4 is 23.7 Å². The number of nitrogens with one attached hydrogen (secondary N) is 1. The van der Waals surface area contributed by atoms with Crippen LogP contribution in [-0.4, -0.2) is 83.0 Å². The maximum absolute atomic E-state index is 14.9. The average molecular weight is 492 g/mol. The quantitative estimate of drug-likeness (QED) is 0.218. The lowest BCUT2D eigenvalue weighted by atomic mass is 10.0. The topological polar surface area (TPSA) is 142 Å². The molecule has 2 aromatic rings. The number of nitrogens with zero attached hydrogens (tertiary/aromatic N) is 6. The monoisotopic (exact) mass is 492 g/mol. The maximum Gasteiger partial charge on any atom is 0.411 e. The van der Waals surface area contributed by atoms with Crippen molar-refractivity contribution in [3.63, 3.8) is 0 Å². The van der Waals surface area contributed by atoms with Crippen LogP contribution in [0.2, 0.25) is 0 Å². The number of likely N-dealkylation sites (tertiary alicyclic amines) is 1. The fourth-order valence-electron chi connectivity index (χ4n) is 3.53. The summed E-state index contributed by atoms with van der Waals surface area (Å²) in [6.45, 7) is 0.946. The first-order chi connectivity index (χ1) is 16.7. The summed E-state index contributed by atoms with van der Waals surface area (Å²) < 4.78 is 40.5. The van der Waals surface area contributed by atoms with Gasteiger partial charge in [0.2, 0.25) is 5.95 Å². The molecule has 4 N–H and O–H groups in total. The summed E-state index contributed by atoms with van der Waals surface area (Å²) in [5.41, 5.74) is 7.17. The minimum Gasteiger partial charge on any atom is -0.465 e. The first-order valence-corrected chi connectivity index (χ1v) is 10.6. The van der Waals surface area contributed by atoms with Crippen molar-refractivity contribution in [3.8, 4) is 11.1 Å². The van der Waals surface area contributed by atoms with Crippen LogP contribution in [-0.2, 0) is 11.4 Å². The van der Waals surface area contributed by atoms with E-state index in [9.17, 15) is 18.0 Å². The largest absolute Gasteiger partial charge is 0.465 e. The van der Waals surface area contributed by atoms with Crippen LogP contribution in [0.5, 0.6) is 0 Å². The molecule has 11 nitrogen and oxygen atoms in total. The smallest absolute Gasteiger partial charge is 0.411 e. The molecule has 35 heavy (non-hydrogen) atoms. The molecule has 0 atom stereocenters. The van der Waals surface area contributed by atoms with Crippen molar-refractivity contribution < 1.29 is 27.9 Å². The molecule has 0 saturated carbocycles. The van der Waals surface area contributed by atoms with E-state index in [1.165, 1.54) is 18.5 Å². The Morgan fingerprint density at radius 1 is 1.26 bits per heavy atom. The molecule has 186 valence electrons. The zero-order chi connectivity index (χ0) is 25.0. The molecular weight excluding hydrogens is 469 g/mol. The molecular formula is C21H23F3N8O3. The fraction of sp³-hybridized carbons (Fsp3) is 0.381. The molecule has 0 spiro atoms. The predicted molar refractivity (Wildman–Crippen MR) is 121 cm³/mol. The fourth-order valence-corrected chi connectivity index (χ4v) is 3.53. The third-order valence-electron chi connectivity index (χ3n) is 5.31. The number of oxime groups is 1. The van der Waals surface area contributed by atoms with Crippen LogP contribution in [0.15, 0.2) is 40.7 Å². The Labute approximate surface area is 198 Å². The molecule has 2 saturated heterocycles. The second kappa shape index (κ2) is 10.1. The van der Waals surface area contributed by atoms with Gasteiger partial charge in [-0.05, 0) is 0 Å². The van der Waals surface area contributed by atoms with Crippen LogP contribution >= 0.6 is 0 Å². The van der Waals surface area contributed by atoms with Crippen molar-refractivity contribution in [3.05, 3.63) is 42.0 Å². The molecule has 14 heteroatoms. The molecule has 0 bridgehead atoms. The zero-order valence-electron chi connectivity index (χ0n) is 18.5. The number of carboxylic acid groups (broad SMARTS) is 1. The van der Waals surface area contributed by atoms with Gasteiger partial charge in [0.05, 0.1) is 38.4 Å². The summed E-state index contributed by atoms with van der Waals surface area (Å²) in [6.07, 6.45) is 1.65. The number of guanidine groups is 1. The summed E-state index contributed by atoms with van der Waals surface area (Å²) in [4.78, 5) is 31.6. The van der Waals surface area contributed by atoms with Gasteiger partial charge in [-0.2, -0.15) is 0 Å². The van der Waals surface area contributed by atoms with Crippen LogP contribution < -0.4 is 16.0 Å². The van der Waals surface area contributed by atoms with Crippen molar-refractivity contribution in [1.82, 2.24) is 20.2 Å². The second-order valence-electron chi connectivity index (χ2n) is 8.10. The summed E-state index contributed by atoms with van der Waals surface area (Å²) >= 11 is 0. The molecule has 0 radical (unpaired) electrons. The van der Waals surface area contributed by atoms with Crippen LogP contribution in [0.4, 0.5) is 23.9 Å². The predicted octanol–water partition coefficient (Wildman–Crippen LogP) is 1.51. The third kappa shape index (κ3) is 6.15. The highest BCUT2D eigenvalue weighted by atomic mass is 19.3. The molecule has 2 aliphatic rings. The van der Waals surface area contributed by atoms with Crippen molar-refractivity contribution in [2.45, 2.75) is 12.5 Å². The Morgan fingerprint density at radius 2 is 1.97 bits per heavy atom. The van der Waals surface area contributed by atoms with Gasteiger partial charge in [-0.3, -0.25) is 10.2 Å². The molecule has 2 fully saturated rings. The third-order valence-corrected chi connectivity index (χ3v) is 5.31. The minimum absolute atomic E-state index is 0.146. The molecule has 0 aliphatic carbocycles. The highest BCUT2D eigenvalue weighted by molar-refractivity contribution is 5.98. The number of aliphatic imine (C=N–C) groups is 1. The Hall–Kier alpha value is -3.94. The maximum atomic E-state index is 14.9. The lowest BCUT2D eigenvalue weighted by Crippen LogP contribution is -2.56. The number of rotatable bonds is 8. The number of benzene rings is 1. The highest BCUT2D eigenvalue weighted by Gasteiger charge is 2.43. The van der Waals surface area contributed by atoms with Gasteiger partial charge >= 0.3 is 6.09 Å². The normalized spacial score (nSPS) is 17.4. The van der Waals surface area contributed by atoms with E-state index in [1.54, 1.807) is 17.0 Å². The van der Waals surface area contributed by atoms with Gasteiger partial charge in [0.15, 0.2) is 5.96 Å². The van der Waals surface area contributed by atoms with Crippen molar-refractivity contribution in [1.29, 1.82) is 0 Å². The van der Waals surface area contributed by atoms with E-state index in [-0.39, 0.29) is 43.3 Å². The van der Waals surface area contributed by atoms with E-state index in [0.29, 0.717) is 31.1 Å². The zero-order valence-corrected chi connectivity index (χ0v) is 18.5. The van der Waals surface area contributed by atoms with Crippen molar-refractivity contribution in [2.24, 2.45) is 15.9 Å². The summed E-state index contributed by atoms with van der Waals surface area (Å²) in [5.74, 6) is -3.01. The van der Waals surface area contributed by atoms with Gasteiger partial charge in [-0.1, -0.05) is 23.4 Å². The van der Waals surface area contributed by atoms with E-state index in [2.05, 4.69) is 20.1 Å².